The van der Waals surface area contributed by atoms with E-state index in [-0.39, 0.29) is 32.2 Å². The van der Waals surface area contributed by atoms with E-state index in [1.807, 2.05) is 42.6 Å². The second-order valence-electron chi connectivity index (χ2n) is 11.1. The molecule has 0 aliphatic carbocycles. The molecule has 0 spiro atoms. The summed E-state index contributed by atoms with van der Waals surface area (Å²) in [6.07, 6.45) is 1.81. The summed E-state index contributed by atoms with van der Waals surface area (Å²) in [6, 6.07) is 30.0. The van der Waals surface area contributed by atoms with E-state index in [1.54, 1.807) is 17.8 Å². The Kier molecular flexibility index (Phi) is 9.02. The van der Waals surface area contributed by atoms with Crippen molar-refractivity contribution < 1.29 is 26.2 Å². The fraction of sp³-hybridized carbons (Fsp3) is 0.200. The molecule has 0 aliphatic rings. The molecular formula is C35H33N2OPtS-. The molecule has 2 aromatic heterocycles. The Bertz CT molecular complexity index is 1640. The maximum atomic E-state index is 10.7. The molecule has 5 heteroatoms. The predicted molar refractivity (Wildman–Crippen MR) is 162 cm³/mol. The largest absolute Gasteiger partial charge is 0.507 e. The number of nitrogens with zero attached hydrogens (tertiary/aromatic N) is 2. The van der Waals surface area contributed by atoms with Crippen molar-refractivity contribution in [2.45, 2.75) is 56.9 Å². The Morgan fingerprint density at radius 2 is 1.48 bits per heavy atom. The van der Waals surface area contributed by atoms with Gasteiger partial charge in [-0.15, -0.1) is 29.3 Å². The van der Waals surface area contributed by atoms with Crippen LogP contribution in [0.1, 0.15) is 43.0 Å². The van der Waals surface area contributed by atoms with Crippen molar-refractivity contribution in [3.05, 3.63) is 113 Å². The van der Waals surface area contributed by atoms with Crippen molar-refractivity contribution in [1.29, 1.82) is 0 Å². The van der Waals surface area contributed by atoms with E-state index in [1.165, 1.54) is 27.8 Å². The van der Waals surface area contributed by atoms with Crippen LogP contribution in [0.25, 0.3) is 33.6 Å². The number of hydrogen-bond acceptors (Lipinski definition) is 4. The fourth-order valence-electron chi connectivity index (χ4n) is 4.97. The molecule has 5 aromatic rings. The van der Waals surface area contributed by atoms with Gasteiger partial charge in [-0.2, -0.15) is 0 Å². The van der Waals surface area contributed by atoms with Crippen LogP contribution in [-0.2, 0) is 26.5 Å². The van der Waals surface area contributed by atoms with Gasteiger partial charge in [0, 0.05) is 32.8 Å². The van der Waals surface area contributed by atoms with Crippen molar-refractivity contribution >= 4 is 11.8 Å². The zero-order chi connectivity index (χ0) is 27.7. The van der Waals surface area contributed by atoms with Crippen LogP contribution in [0, 0.1) is 26.8 Å². The zero-order valence-corrected chi connectivity index (χ0v) is 26.7. The summed E-state index contributed by atoms with van der Waals surface area (Å²) < 4.78 is 0. The molecule has 3 nitrogen and oxygen atoms in total. The van der Waals surface area contributed by atoms with E-state index in [0.29, 0.717) is 5.56 Å². The van der Waals surface area contributed by atoms with E-state index in [9.17, 15) is 5.11 Å². The van der Waals surface area contributed by atoms with Gasteiger partial charge in [-0.1, -0.05) is 79.4 Å². The maximum absolute atomic E-state index is 10.7. The number of phenolic OH excluding ortho intramolecular Hbond substituents is 1. The summed E-state index contributed by atoms with van der Waals surface area (Å²) >= 11 is 1.60. The van der Waals surface area contributed by atoms with Gasteiger partial charge in [0.25, 0.3) is 0 Å². The predicted octanol–water partition coefficient (Wildman–Crippen LogP) is 9.35. The molecule has 0 fully saturated rings. The third-order valence-electron chi connectivity index (χ3n) is 6.81. The van der Waals surface area contributed by atoms with Gasteiger partial charge < -0.3 is 5.11 Å². The van der Waals surface area contributed by atoms with Crippen molar-refractivity contribution in [3.63, 3.8) is 0 Å². The number of hydrogen-bond donors (Lipinski definition) is 1. The molecule has 0 saturated heterocycles. The van der Waals surface area contributed by atoms with Gasteiger partial charge in [0.15, 0.2) is 0 Å². The molecule has 40 heavy (non-hydrogen) atoms. The minimum atomic E-state index is -0.0639. The van der Waals surface area contributed by atoms with Gasteiger partial charge in [-0.25, -0.2) is 4.98 Å². The van der Waals surface area contributed by atoms with E-state index in [0.717, 1.165) is 32.4 Å². The molecule has 0 bridgehead atoms. The third kappa shape index (κ3) is 6.57. The van der Waals surface area contributed by atoms with Gasteiger partial charge >= 0.3 is 0 Å². The molecular weight excluding hydrogens is 692 g/mol. The topological polar surface area (TPSA) is 46.0 Å². The number of aryl methyl sites for hydroxylation is 3. The van der Waals surface area contributed by atoms with Crippen LogP contribution in [0.4, 0.5) is 0 Å². The molecule has 206 valence electrons. The van der Waals surface area contributed by atoms with Gasteiger partial charge in [0.1, 0.15) is 5.75 Å². The molecule has 0 aliphatic heterocycles. The summed E-state index contributed by atoms with van der Waals surface area (Å²) in [7, 11) is 0. The van der Waals surface area contributed by atoms with Gasteiger partial charge in [-0.3, -0.25) is 4.98 Å². The Balaban J connectivity index is 0.00000370. The molecule has 0 radical (unpaired) electrons. The summed E-state index contributed by atoms with van der Waals surface area (Å²) in [5, 5.41) is 11.7. The first-order valence-electron chi connectivity index (χ1n) is 13.1. The first-order chi connectivity index (χ1) is 18.6. The van der Waals surface area contributed by atoms with E-state index in [4.69, 9.17) is 4.98 Å². The van der Waals surface area contributed by atoms with Crippen molar-refractivity contribution in [1.82, 2.24) is 9.97 Å². The quantitative estimate of drug-likeness (QED) is 0.184. The third-order valence-corrected chi connectivity index (χ3v) is 7.70. The number of aromatic nitrogens is 2. The Labute approximate surface area is 256 Å². The Morgan fingerprint density at radius 3 is 2.12 bits per heavy atom. The molecule has 0 atom stereocenters. The van der Waals surface area contributed by atoms with Crippen LogP contribution in [0.2, 0.25) is 0 Å². The van der Waals surface area contributed by atoms with Crippen LogP contribution < -0.4 is 0 Å². The summed E-state index contributed by atoms with van der Waals surface area (Å²) in [4.78, 5) is 10.6. The van der Waals surface area contributed by atoms with Crippen LogP contribution >= 0.6 is 11.8 Å². The molecule has 0 amide bonds. The minimum absolute atomic E-state index is 0. The molecule has 1 N–H and O–H groups in total. The number of rotatable bonds is 5. The van der Waals surface area contributed by atoms with E-state index < -0.39 is 0 Å². The molecule has 0 unspecified atom stereocenters. The minimum Gasteiger partial charge on any atom is -0.507 e. The van der Waals surface area contributed by atoms with Gasteiger partial charge in [0.05, 0.1) is 10.7 Å². The van der Waals surface area contributed by atoms with Crippen molar-refractivity contribution in [3.8, 4) is 39.4 Å². The normalized spacial score (nSPS) is 11.2. The molecule has 3 aromatic carbocycles. The van der Waals surface area contributed by atoms with Gasteiger partial charge in [-0.05, 0) is 84.5 Å². The SMILES string of the molecule is Cc1cc(C)c(-c2cc(-c3[c-]c(Sc4ccccn4)cc(C(C)(C)C)c3)nc(-c3ccccc3O)c2)c(C)c1.[Pt]. The monoisotopic (exact) mass is 724 g/mol. The summed E-state index contributed by atoms with van der Waals surface area (Å²) in [5.74, 6) is 0.212. The summed E-state index contributed by atoms with van der Waals surface area (Å²) in [6.45, 7) is 13.1. The molecule has 0 saturated carbocycles. The van der Waals surface area contributed by atoms with Crippen molar-refractivity contribution in [2.24, 2.45) is 0 Å². The second-order valence-corrected chi connectivity index (χ2v) is 12.1. The van der Waals surface area contributed by atoms with E-state index in [2.05, 4.69) is 89.0 Å². The average Bonchev–Trinajstić information content (AvgIpc) is 2.88. The van der Waals surface area contributed by atoms with Crippen LogP contribution in [0.3, 0.4) is 0 Å². The smallest absolute Gasteiger partial charge is 0.124 e. The van der Waals surface area contributed by atoms with Crippen molar-refractivity contribution in [2.75, 3.05) is 0 Å². The fourth-order valence-corrected chi connectivity index (χ4v) is 5.80. The molecule has 5 rings (SSSR count). The van der Waals surface area contributed by atoms with E-state index >= 15 is 0 Å². The second kappa shape index (κ2) is 12.1. The Morgan fingerprint density at radius 1 is 0.800 bits per heavy atom. The van der Waals surface area contributed by atoms with Crippen LogP contribution in [-0.4, -0.2) is 15.1 Å². The van der Waals surface area contributed by atoms with Crippen LogP contribution in [0.5, 0.6) is 5.75 Å². The first kappa shape index (κ1) is 29.8. The standard InChI is InChI=1S/C35H33N2OS.Pt/c1-22-15-23(2)34(24(3)16-22)26-19-30(37-31(20-26)29-11-7-8-12-32(29)38)25-17-27(35(4,5)6)21-28(18-25)39-33-13-9-10-14-36-33;/h7-17,19-21,38H,1-6H3;/q-1;. The first-order valence-corrected chi connectivity index (χ1v) is 14.0. The summed E-state index contributed by atoms with van der Waals surface area (Å²) in [5.41, 5.74) is 10.2. The number of benzene rings is 3. The number of pyridine rings is 2. The Hall–Kier alpha value is -3.20. The van der Waals surface area contributed by atoms with Gasteiger partial charge in [0.2, 0.25) is 0 Å². The number of para-hydroxylation sites is 1. The van der Waals surface area contributed by atoms with Crippen LogP contribution in [0.15, 0.2) is 95.0 Å². The maximum Gasteiger partial charge on any atom is 0.124 e. The number of aromatic hydroxyl groups is 1. The average molecular weight is 725 g/mol. The molecule has 2 heterocycles. The number of phenols is 1. The zero-order valence-electron chi connectivity index (χ0n) is 23.6.